The standard InChI is InChI=1S/C11H16O3/c1-2-3-9(12)6-8-4-5-10(13)11(14)7-8/h4-5,7,9,12-14H,2-3,6H2,1H3/t9-/m0/s1. The molecule has 0 bridgehead atoms. The minimum absolute atomic E-state index is 0.126. The molecule has 3 nitrogen and oxygen atoms in total. The first-order valence-corrected chi connectivity index (χ1v) is 4.82. The monoisotopic (exact) mass is 196 g/mol. The van der Waals surface area contributed by atoms with E-state index in [9.17, 15) is 10.2 Å². The molecule has 0 radical (unpaired) electrons. The molecule has 0 aliphatic heterocycles. The van der Waals surface area contributed by atoms with Gasteiger partial charge in [0, 0.05) is 0 Å². The van der Waals surface area contributed by atoms with Crippen molar-refractivity contribution in [2.75, 3.05) is 0 Å². The number of phenolic OH excluding ortho intramolecular Hbond substituents is 2. The van der Waals surface area contributed by atoms with Crippen LogP contribution < -0.4 is 0 Å². The first kappa shape index (κ1) is 10.9. The van der Waals surface area contributed by atoms with Gasteiger partial charge in [-0.25, -0.2) is 0 Å². The minimum Gasteiger partial charge on any atom is -0.504 e. The van der Waals surface area contributed by atoms with E-state index in [1.807, 2.05) is 6.92 Å². The fourth-order valence-electron chi connectivity index (χ4n) is 1.40. The Morgan fingerprint density at radius 1 is 1.21 bits per heavy atom. The molecule has 0 aliphatic carbocycles. The van der Waals surface area contributed by atoms with Gasteiger partial charge < -0.3 is 15.3 Å². The molecule has 0 fully saturated rings. The molecule has 1 rings (SSSR count). The van der Waals surface area contributed by atoms with E-state index in [4.69, 9.17) is 5.11 Å². The lowest BCUT2D eigenvalue weighted by Gasteiger charge is -2.09. The molecule has 0 saturated carbocycles. The van der Waals surface area contributed by atoms with E-state index < -0.39 is 0 Å². The van der Waals surface area contributed by atoms with Crippen LogP contribution >= 0.6 is 0 Å². The van der Waals surface area contributed by atoms with Crippen LogP contribution in [0.4, 0.5) is 0 Å². The van der Waals surface area contributed by atoms with E-state index in [1.54, 1.807) is 6.07 Å². The number of aliphatic hydroxyl groups is 1. The van der Waals surface area contributed by atoms with Crippen molar-refractivity contribution in [3.05, 3.63) is 23.8 Å². The quantitative estimate of drug-likeness (QED) is 0.643. The molecule has 0 heterocycles. The van der Waals surface area contributed by atoms with Gasteiger partial charge in [0.2, 0.25) is 0 Å². The van der Waals surface area contributed by atoms with Crippen molar-refractivity contribution in [1.82, 2.24) is 0 Å². The SMILES string of the molecule is CCC[C@H](O)Cc1ccc(O)c(O)c1. The summed E-state index contributed by atoms with van der Waals surface area (Å²) in [5.74, 6) is -0.259. The highest BCUT2D eigenvalue weighted by Crippen LogP contribution is 2.25. The van der Waals surface area contributed by atoms with Gasteiger partial charge in [0.25, 0.3) is 0 Å². The predicted octanol–water partition coefficient (Wildman–Crippen LogP) is 1.80. The van der Waals surface area contributed by atoms with Crippen LogP contribution in [0.25, 0.3) is 0 Å². The van der Waals surface area contributed by atoms with Crippen molar-refractivity contribution in [3.63, 3.8) is 0 Å². The normalized spacial score (nSPS) is 12.7. The Morgan fingerprint density at radius 2 is 1.93 bits per heavy atom. The number of aliphatic hydroxyl groups excluding tert-OH is 1. The smallest absolute Gasteiger partial charge is 0.157 e. The lowest BCUT2D eigenvalue weighted by molar-refractivity contribution is 0.164. The van der Waals surface area contributed by atoms with Crippen molar-refractivity contribution in [3.8, 4) is 11.5 Å². The summed E-state index contributed by atoms with van der Waals surface area (Å²) in [4.78, 5) is 0. The van der Waals surface area contributed by atoms with Crippen LogP contribution in [0.5, 0.6) is 11.5 Å². The summed E-state index contributed by atoms with van der Waals surface area (Å²) in [6.45, 7) is 2.01. The van der Waals surface area contributed by atoms with Crippen molar-refractivity contribution in [2.45, 2.75) is 32.3 Å². The number of aromatic hydroxyl groups is 2. The molecule has 0 amide bonds. The third kappa shape index (κ3) is 2.92. The van der Waals surface area contributed by atoms with Gasteiger partial charge in [0.15, 0.2) is 11.5 Å². The topological polar surface area (TPSA) is 60.7 Å². The number of hydrogen-bond donors (Lipinski definition) is 3. The molecule has 0 unspecified atom stereocenters. The molecule has 1 atom stereocenters. The third-order valence-corrected chi connectivity index (χ3v) is 2.13. The third-order valence-electron chi connectivity index (χ3n) is 2.13. The molecule has 1 aromatic carbocycles. The Morgan fingerprint density at radius 3 is 2.50 bits per heavy atom. The Labute approximate surface area is 83.6 Å². The van der Waals surface area contributed by atoms with Gasteiger partial charge in [0.1, 0.15) is 0 Å². The Kier molecular flexibility index (Phi) is 3.77. The second-order valence-corrected chi connectivity index (χ2v) is 3.47. The van der Waals surface area contributed by atoms with Crippen LogP contribution in [-0.4, -0.2) is 21.4 Å². The minimum atomic E-state index is -0.371. The zero-order valence-electron chi connectivity index (χ0n) is 8.27. The molecule has 1 aromatic rings. The van der Waals surface area contributed by atoms with Gasteiger partial charge in [-0.2, -0.15) is 0 Å². The van der Waals surface area contributed by atoms with Gasteiger partial charge in [-0.15, -0.1) is 0 Å². The summed E-state index contributed by atoms with van der Waals surface area (Å²) in [5.41, 5.74) is 0.834. The second kappa shape index (κ2) is 4.86. The molecule has 14 heavy (non-hydrogen) atoms. The molecule has 78 valence electrons. The summed E-state index contributed by atoms with van der Waals surface area (Å²) in [6.07, 6.45) is 1.83. The second-order valence-electron chi connectivity index (χ2n) is 3.47. The van der Waals surface area contributed by atoms with Gasteiger partial charge in [0.05, 0.1) is 6.10 Å². The van der Waals surface area contributed by atoms with E-state index in [0.29, 0.717) is 6.42 Å². The van der Waals surface area contributed by atoms with Crippen molar-refractivity contribution in [2.24, 2.45) is 0 Å². The van der Waals surface area contributed by atoms with Gasteiger partial charge in [-0.1, -0.05) is 19.4 Å². The number of benzene rings is 1. The van der Waals surface area contributed by atoms with Crippen LogP contribution in [0.1, 0.15) is 25.3 Å². The lowest BCUT2D eigenvalue weighted by Crippen LogP contribution is -2.09. The van der Waals surface area contributed by atoms with Gasteiger partial charge in [-0.05, 0) is 30.5 Å². The summed E-state index contributed by atoms with van der Waals surface area (Å²) in [5, 5.41) is 27.8. The molecular formula is C11H16O3. The zero-order chi connectivity index (χ0) is 10.6. The van der Waals surface area contributed by atoms with E-state index in [1.165, 1.54) is 12.1 Å². The Balaban J connectivity index is 2.63. The van der Waals surface area contributed by atoms with Crippen LogP contribution in [0.3, 0.4) is 0 Å². The van der Waals surface area contributed by atoms with Crippen molar-refractivity contribution in [1.29, 1.82) is 0 Å². The van der Waals surface area contributed by atoms with Gasteiger partial charge in [-0.3, -0.25) is 0 Å². The highest BCUT2D eigenvalue weighted by atomic mass is 16.3. The molecule has 3 N–H and O–H groups in total. The molecule has 3 heteroatoms. The largest absolute Gasteiger partial charge is 0.504 e. The number of phenols is 2. The van der Waals surface area contributed by atoms with E-state index in [0.717, 1.165) is 18.4 Å². The predicted molar refractivity (Wildman–Crippen MR) is 54.4 cm³/mol. The number of rotatable bonds is 4. The van der Waals surface area contributed by atoms with Crippen molar-refractivity contribution >= 4 is 0 Å². The van der Waals surface area contributed by atoms with Crippen molar-refractivity contribution < 1.29 is 15.3 Å². The average Bonchev–Trinajstić information content (AvgIpc) is 2.12. The molecule has 0 aliphatic rings. The molecular weight excluding hydrogens is 180 g/mol. The van der Waals surface area contributed by atoms with Gasteiger partial charge >= 0.3 is 0 Å². The van der Waals surface area contributed by atoms with Crippen LogP contribution in [0.15, 0.2) is 18.2 Å². The maximum Gasteiger partial charge on any atom is 0.157 e. The summed E-state index contributed by atoms with van der Waals surface area (Å²) in [7, 11) is 0. The summed E-state index contributed by atoms with van der Waals surface area (Å²) in [6, 6.07) is 4.62. The van der Waals surface area contributed by atoms with E-state index in [-0.39, 0.29) is 17.6 Å². The van der Waals surface area contributed by atoms with Crippen LogP contribution in [0.2, 0.25) is 0 Å². The van der Waals surface area contributed by atoms with Crippen LogP contribution in [-0.2, 0) is 6.42 Å². The summed E-state index contributed by atoms with van der Waals surface area (Å²) < 4.78 is 0. The fourth-order valence-corrected chi connectivity index (χ4v) is 1.40. The zero-order valence-corrected chi connectivity index (χ0v) is 8.27. The lowest BCUT2D eigenvalue weighted by atomic mass is 10.0. The maximum atomic E-state index is 9.52. The highest BCUT2D eigenvalue weighted by molar-refractivity contribution is 5.40. The van der Waals surface area contributed by atoms with Crippen LogP contribution in [0, 0.1) is 0 Å². The molecule has 0 saturated heterocycles. The Hall–Kier alpha value is -1.22. The van der Waals surface area contributed by atoms with E-state index >= 15 is 0 Å². The summed E-state index contributed by atoms with van der Waals surface area (Å²) >= 11 is 0. The molecule has 0 aromatic heterocycles. The maximum absolute atomic E-state index is 9.52. The molecule has 0 spiro atoms. The Bertz CT molecular complexity index is 297. The highest BCUT2D eigenvalue weighted by Gasteiger charge is 2.06. The fraction of sp³-hybridized carbons (Fsp3) is 0.455. The first-order chi connectivity index (χ1) is 6.63. The number of hydrogen-bond acceptors (Lipinski definition) is 3. The first-order valence-electron chi connectivity index (χ1n) is 4.82. The average molecular weight is 196 g/mol. The van der Waals surface area contributed by atoms with E-state index in [2.05, 4.69) is 0 Å².